The maximum Gasteiger partial charge on any atom is 0.0470 e. The summed E-state index contributed by atoms with van der Waals surface area (Å²) in [5.41, 5.74) is 7.19. The lowest BCUT2D eigenvalue weighted by molar-refractivity contribution is 0.161. The van der Waals surface area contributed by atoms with Crippen LogP contribution in [-0.4, -0.2) is 29.0 Å². The Labute approximate surface area is 85.3 Å². The first kappa shape index (κ1) is 9.74. The number of nitrogens with one attached hydrogen (secondary N) is 1. The van der Waals surface area contributed by atoms with E-state index in [2.05, 4.69) is 28.9 Å². The van der Waals surface area contributed by atoms with Crippen molar-refractivity contribution in [3.05, 3.63) is 24.0 Å². The van der Waals surface area contributed by atoms with Gasteiger partial charge in [0.2, 0.25) is 0 Å². The third-order valence-corrected chi connectivity index (χ3v) is 3.19. The Hall–Kier alpha value is -0.800. The SMILES string of the molecule is C[C@@H](c1ccc[nH]1)N1CCC(N)CC1. The number of aromatic nitrogens is 1. The Morgan fingerprint density at radius 1 is 1.50 bits per heavy atom. The Morgan fingerprint density at radius 3 is 2.79 bits per heavy atom. The minimum Gasteiger partial charge on any atom is -0.364 e. The summed E-state index contributed by atoms with van der Waals surface area (Å²) in [6.45, 7) is 4.51. The molecule has 14 heavy (non-hydrogen) atoms. The van der Waals surface area contributed by atoms with E-state index in [1.165, 1.54) is 5.69 Å². The fourth-order valence-corrected chi connectivity index (χ4v) is 2.11. The van der Waals surface area contributed by atoms with Crippen molar-refractivity contribution in [2.24, 2.45) is 5.73 Å². The number of H-pyrrole nitrogens is 1. The molecular formula is C11H19N3. The topological polar surface area (TPSA) is 45.0 Å². The molecule has 1 aliphatic heterocycles. The number of nitrogens with two attached hydrogens (primary N) is 1. The van der Waals surface area contributed by atoms with E-state index in [1.807, 2.05) is 6.20 Å². The van der Waals surface area contributed by atoms with Gasteiger partial charge in [-0.1, -0.05) is 0 Å². The minimum atomic E-state index is 0.419. The van der Waals surface area contributed by atoms with Crippen molar-refractivity contribution in [2.45, 2.75) is 31.8 Å². The average molecular weight is 193 g/mol. The van der Waals surface area contributed by atoms with Crippen molar-refractivity contribution >= 4 is 0 Å². The molecule has 1 aromatic heterocycles. The summed E-state index contributed by atoms with van der Waals surface area (Å²) < 4.78 is 0. The van der Waals surface area contributed by atoms with E-state index in [4.69, 9.17) is 5.73 Å². The third-order valence-electron chi connectivity index (χ3n) is 3.19. The molecule has 0 aliphatic carbocycles. The Kier molecular flexibility index (Phi) is 2.89. The molecule has 0 amide bonds. The number of nitrogens with zero attached hydrogens (tertiary/aromatic N) is 1. The smallest absolute Gasteiger partial charge is 0.0470 e. The summed E-state index contributed by atoms with van der Waals surface area (Å²) >= 11 is 0. The number of rotatable bonds is 2. The van der Waals surface area contributed by atoms with Crippen LogP contribution in [0, 0.1) is 0 Å². The quantitative estimate of drug-likeness (QED) is 0.747. The first-order valence-corrected chi connectivity index (χ1v) is 5.40. The van der Waals surface area contributed by atoms with Gasteiger partial charge in [0, 0.05) is 37.1 Å². The van der Waals surface area contributed by atoms with E-state index < -0.39 is 0 Å². The maximum atomic E-state index is 5.88. The van der Waals surface area contributed by atoms with Crippen LogP contribution in [0.25, 0.3) is 0 Å². The zero-order valence-corrected chi connectivity index (χ0v) is 8.74. The lowest BCUT2D eigenvalue weighted by Gasteiger charge is -2.34. The van der Waals surface area contributed by atoms with Crippen molar-refractivity contribution < 1.29 is 0 Å². The van der Waals surface area contributed by atoms with E-state index >= 15 is 0 Å². The first-order valence-electron chi connectivity index (χ1n) is 5.40. The Bertz CT molecular complexity index is 260. The molecule has 0 unspecified atom stereocenters. The van der Waals surface area contributed by atoms with Crippen LogP contribution in [0.15, 0.2) is 18.3 Å². The van der Waals surface area contributed by atoms with Crippen LogP contribution in [0.4, 0.5) is 0 Å². The van der Waals surface area contributed by atoms with Gasteiger partial charge < -0.3 is 10.7 Å². The largest absolute Gasteiger partial charge is 0.364 e. The Morgan fingerprint density at radius 2 is 2.21 bits per heavy atom. The summed E-state index contributed by atoms with van der Waals surface area (Å²) in [6.07, 6.45) is 4.25. The molecule has 2 heterocycles. The van der Waals surface area contributed by atoms with Crippen LogP contribution in [0.1, 0.15) is 31.5 Å². The van der Waals surface area contributed by atoms with E-state index in [1.54, 1.807) is 0 Å². The second-order valence-corrected chi connectivity index (χ2v) is 4.17. The van der Waals surface area contributed by atoms with Crippen molar-refractivity contribution in [3.8, 4) is 0 Å². The zero-order valence-electron chi connectivity index (χ0n) is 8.74. The highest BCUT2D eigenvalue weighted by Crippen LogP contribution is 2.22. The van der Waals surface area contributed by atoms with Crippen LogP contribution in [0.3, 0.4) is 0 Å². The molecule has 1 aliphatic rings. The van der Waals surface area contributed by atoms with E-state index in [-0.39, 0.29) is 0 Å². The highest BCUT2D eigenvalue weighted by Gasteiger charge is 2.21. The van der Waals surface area contributed by atoms with Gasteiger partial charge in [-0.2, -0.15) is 0 Å². The second kappa shape index (κ2) is 4.15. The van der Waals surface area contributed by atoms with Crippen LogP contribution in [0.2, 0.25) is 0 Å². The van der Waals surface area contributed by atoms with Crippen LogP contribution in [-0.2, 0) is 0 Å². The summed E-state index contributed by atoms with van der Waals surface area (Å²) in [5, 5.41) is 0. The van der Waals surface area contributed by atoms with Crippen molar-refractivity contribution in [1.82, 2.24) is 9.88 Å². The average Bonchev–Trinajstić information content (AvgIpc) is 2.71. The van der Waals surface area contributed by atoms with Crippen LogP contribution >= 0.6 is 0 Å². The Balaban J connectivity index is 1.95. The molecule has 1 atom stereocenters. The lowest BCUT2D eigenvalue weighted by Crippen LogP contribution is -2.40. The minimum absolute atomic E-state index is 0.419. The highest BCUT2D eigenvalue weighted by molar-refractivity contribution is 5.08. The van der Waals surface area contributed by atoms with E-state index in [0.717, 1.165) is 25.9 Å². The number of hydrogen-bond donors (Lipinski definition) is 2. The number of piperidine rings is 1. The molecular weight excluding hydrogens is 174 g/mol. The van der Waals surface area contributed by atoms with Crippen LogP contribution in [0.5, 0.6) is 0 Å². The van der Waals surface area contributed by atoms with Gasteiger partial charge in [-0.05, 0) is 31.9 Å². The molecule has 2 rings (SSSR count). The predicted octanol–water partition coefficient (Wildman–Crippen LogP) is 1.50. The van der Waals surface area contributed by atoms with Gasteiger partial charge >= 0.3 is 0 Å². The second-order valence-electron chi connectivity index (χ2n) is 4.17. The monoisotopic (exact) mass is 193 g/mol. The van der Waals surface area contributed by atoms with E-state index in [9.17, 15) is 0 Å². The molecule has 0 bridgehead atoms. The maximum absolute atomic E-state index is 5.88. The van der Waals surface area contributed by atoms with Gasteiger partial charge in [0.05, 0.1) is 0 Å². The molecule has 1 aromatic rings. The van der Waals surface area contributed by atoms with Crippen molar-refractivity contribution in [3.63, 3.8) is 0 Å². The highest BCUT2D eigenvalue weighted by atomic mass is 15.2. The lowest BCUT2D eigenvalue weighted by atomic mass is 10.0. The predicted molar refractivity (Wildman–Crippen MR) is 58.0 cm³/mol. The molecule has 0 radical (unpaired) electrons. The van der Waals surface area contributed by atoms with Crippen LogP contribution < -0.4 is 5.73 Å². The fourth-order valence-electron chi connectivity index (χ4n) is 2.11. The van der Waals surface area contributed by atoms with Gasteiger partial charge in [0.1, 0.15) is 0 Å². The first-order chi connectivity index (χ1) is 6.77. The number of hydrogen-bond acceptors (Lipinski definition) is 2. The molecule has 0 saturated carbocycles. The fraction of sp³-hybridized carbons (Fsp3) is 0.636. The summed E-state index contributed by atoms with van der Waals surface area (Å²) in [5.74, 6) is 0. The molecule has 3 heteroatoms. The molecule has 1 saturated heterocycles. The molecule has 78 valence electrons. The normalized spacial score (nSPS) is 22.4. The van der Waals surface area contributed by atoms with Gasteiger partial charge in [-0.25, -0.2) is 0 Å². The molecule has 3 N–H and O–H groups in total. The van der Waals surface area contributed by atoms with Crippen molar-refractivity contribution in [2.75, 3.05) is 13.1 Å². The molecule has 0 spiro atoms. The summed E-state index contributed by atoms with van der Waals surface area (Å²) in [6, 6.07) is 5.13. The molecule has 3 nitrogen and oxygen atoms in total. The summed E-state index contributed by atoms with van der Waals surface area (Å²) in [4.78, 5) is 5.77. The van der Waals surface area contributed by atoms with E-state index in [0.29, 0.717) is 12.1 Å². The third kappa shape index (κ3) is 1.99. The standard InChI is InChI=1S/C11H19N3/c1-9(11-3-2-6-13-11)14-7-4-10(12)5-8-14/h2-3,6,9-10,13H,4-5,7-8,12H2,1H3/t9-/m0/s1. The number of aromatic amines is 1. The van der Waals surface area contributed by atoms with Gasteiger partial charge in [-0.3, -0.25) is 4.90 Å². The van der Waals surface area contributed by atoms with Crippen molar-refractivity contribution in [1.29, 1.82) is 0 Å². The zero-order chi connectivity index (χ0) is 9.97. The van der Waals surface area contributed by atoms with Gasteiger partial charge in [0.15, 0.2) is 0 Å². The number of likely N-dealkylation sites (tertiary alicyclic amines) is 1. The van der Waals surface area contributed by atoms with Gasteiger partial charge in [-0.15, -0.1) is 0 Å². The molecule has 0 aromatic carbocycles. The molecule has 1 fully saturated rings. The van der Waals surface area contributed by atoms with Gasteiger partial charge in [0.25, 0.3) is 0 Å². The summed E-state index contributed by atoms with van der Waals surface area (Å²) in [7, 11) is 0.